The van der Waals surface area contributed by atoms with Gasteiger partial charge in [-0.1, -0.05) is 13.0 Å². The monoisotopic (exact) mass is 261 g/mol. The van der Waals surface area contributed by atoms with Crippen LogP contribution in [0.4, 0.5) is 13.2 Å². The quantitative estimate of drug-likeness (QED) is 0.794. The second-order valence-electron chi connectivity index (χ2n) is 4.26. The number of benzene rings is 1. The van der Waals surface area contributed by atoms with E-state index in [-0.39, 0.29) is 18.3 Å². The molecular weight excluding hydrogens is 243 g/mol. The summed E-state index contributed by atoms with van der Waals surface area (Å²) in [5.74, 6) is -3.79. The van der Waals surface area contributed by atoms with E-state index in [4.69, 9.17) is 4.74 Å². The van der Waals surface area contributed by atoms with E-state index in [1.807, 2.05) is 20.8 Å². The molecule has 1 unspecified atom stereocenters. The van der Waals surface area contributed by atoms with E-state index in [9.17, 15) is 13.2 Å². The molecule has 0 aliphatic carbocycles. The molecule has 1 rings (SSSR count). The maximum absolute atomic E-state index is 13.6. The minimum atomic E-state index is -1.44. The van der Waals surface area contributed by atoms with Crippen LogP contribution in [0, 0.1) is 17.5 Å². The van der Waals surface area contributed by atoms with Gasteiger partial charge in [-0.15, -0.1) is 0 Å². The largest absolute Gasteiger partial charge is 0.377 e. The van der Waals surface area contributed by atoms with E-state index < -0.39 is 23.5 Å². The maximum atomic E-state index is 13.6. The molecule has 0 bridgehead atoms. The molecule has 1 aromatic carbocycles. The Labute approximate surface area is 105 Å². The fraction of sp³-hybridized carbons (Fsp3) is 0.538. The first-order valence-corrected chi connectivity index (χ1v) is 5.95. The van der Waals surface area contributed by atoms with Crippen LogP contribution in [0.15, 0.2) is 12.1 Å². The van der Waals surface area contributed by atoms with Crippen molar-refractivity contribution in [2.45, 2.75) is 32.9 Å². The zero-order valence-electron chi connectivity index (χ0n) is 10.8. The number of rotatable bonds is 6. The third kappa shape index (κ3) is 3.71. The number of nitrogens with one attached hydrogen (secondary N) is 1. The predicted octanol–water partition coefficient (Wildman–Crippen LogP) is 3.18. The zero-order valence-corrected chi connectivity index (χ0v) is 10.8. The second-order valence-corrected chi connectivity index (χ2v) is 4.26. The van der Waals surface area contributed by atoms with Crippen molar-refractivity contribution in [1.29, 1.82) is 0 Å². The highest BCUT2D eigenvalue weighted by Crippen LogP contribution is 2.22. The van der Waals surface area contributed by atoms with Crippen LogP contribution in [0.2, 0.25) is 0 Å². The number of ether oxygens (including phenoxy) is 1. The van der Waals surface area contributed by atoms with Crippen LogP contribution < -0.4 is 5.32 Å². The summed E-state index contributed by atoms with van der Waals surface area (Å²) in [7, 11) is 0. The predicted molar refractivity (Wildman–Crippen MR) is 63.8 cm³/mol. The number of halogens is 3. The summed E-state index contributed by atoms with van der Waals surface area (Å²) < 4.78 is 45.1. The molecule has 0 heterocycles. The fourth-order valence-electron chi connectivity index (χ4n) is 1.60. The Morgan fingerprint density at radius 3 is 2.39 bits per heavy atom. The average Bonchev–Trinajstić information content (AvgIpc) is 2.32. The normalized spacial score (nSPS) is 13.1. The lowest BCUT2D eigenvalue weighted by Gasteiger charge is -2.20. The molecule has 0 fully saturated rings. The summed E-state index contributed by atoms with van der Waals surface area (Å²) in [4.78, 5) is 0. The molecule has 0 aliphatic rings. The Balaban J connectivity index is 2.94. The van der Waals surface area contributed by atoms with Gasteiger partial charge >= 0.3 is 0 Å². The average molecular weight is 261 g/mol. The zero-order chi connectivity index (χ0) is 13.7. The van der Waals surface area contributed by atoms with Gasteiger partial charge in [-0.05, 0) is 26.5 Å². The molecule has 1 atom stereocenters. The molecule has 102 valence electrons. The molecule has 0 aromatic heterocycles. The Hall–Kier alpha value is -1.07. The second kappa shape index (κ2) is 6.75. The first kappa shape index (κ1) is 15.0. The van der Waals surface area contributed by atoms with Gasteiger partial charge in [0.1, 0.15) is 0 Å². The summed E-state index contributed by atoms with van der Waals surface area (Å²) in [5.41, 5.74) is 0.0800. The van der Waals surface area contributed by atoms with Gasteiger partial charge in [-0.2, -0.15) is 0 Å². The van der Waals surface area contributed by atoms with E-state index in [0.29, 0.717) is 6.54 Å². The molecule has 0 saturated heterocycles. The highest BCUT2D eigenvalue weighted by atomic mass is 19.2. The van der Waals surface area contributed by atoms with Gasteiger partial charge < -0.3 is 10.1 Å². The van der Waals surface area contributed by atoms with E-state index in [1.54, 1.807) is 0 Å². The van der Waals surface area contributed by atoms with Crippen LogP contribution in [0.1, 0.15) is 32.4 Å². The van der Waals surface area contributed by atoms with Crippen molar-refractivity contribution >= 4 is 0 Å². The SMILES string of the molecule is CCNC(COC(C)C)c1ccc(F)c(F)c1F. The third-order valence-electron chi connectivity index (χ3n) is 2.49. The van der Waals surface area contributed by atoms with Crippen LogP contribution in [0.5, 0.6) is 0 Å². The Bertz CT molecular complexity index is 396. The molecule has 2 nitrogen and oxygen atoms in total. The smallest absolute Gasteiger partial charge is 0.194 e. The van der Waals surface area contributed by atoms with E-state index >= 15 is 0 Å². The minimum absolute atomic E-state index is 0.0143. The van der Waals surface area contributed by atoms with Crippen molar-refractivity contribution < 1.29 is 17.9 Å². The Kier molecular flexibility index (Phi) is 5.62. The Morgan fingerprint density at radius 1 is 1.17 bits per heavy atom. The van der Waals surface area contributed by atoms with Gasteiger partial charge in [0.25, 0.3) is 0 Å². The topological polar surface area (TPSA) is 21.3 Å². The van der Waals surface area contributed by atoms with Gasteiger partial charge in [0.2, 0.25) is 0 Å². The molecule has 0 spiro atoms. The number of hydrogen-bond acceptors (Lipinski definition) is 2. The van der Waals surface area contributed by atoms with E-state index in [0.717, 1.165) is 6.07 Å². The minimum Gasteiger partial charge on any atom is -0.377 e. The lowest BCUT2D eigenvalue weighted by atomic mass is 10.1. The van der Waals surface area contributed by atoms with Crippen molar-refractivity contribution in [3.63, 3.8) is 0 Å². The molecule has 0 saturated carbocycles. The molecule has 0 radical (unpaired) electrons. The van der Waals surface area contributed by atoms with Crippen molar-refractivity contribution in [3.05, 3.63) is 35.1 Å². The summed E-state index contributed by atoms with van der Waals surface area (Å²) in [6, 6.07) is 1.67. The highest BCUT2D eigenvalue weighted by molar-refractivity contribution is 5.23. The molecule has 18 heavy (non-hydrogen) atoms. The lowest BCUT2D eigenvalue weighted by Crippen LogP contribution is -2.28. The summed E-state index contributed by atoms with van der Waals surface area (Å²) >= 11 is 0. The summed E-state index contributed by atoms with van der Waals surface area (Å²) in [5, 5.41) is 2.99. The third-order valence-corrected chi connectivity index (χ3v) is 2.49. The van der Waals surface area contributed by atoms with Gasteiger partial charge in [-0.3, -0.25) is 0 Å². The Morgan fingerprint density at radius 2 is 1.83 bits per heavy atom. The van der Waals surface area contributed by atoms with Gasteiger partial charge in [-0.25, -0.2) is 13.2 Å². The molecular formula is C13H18F3NO. The van der Waals surface area contributed by atoms with Crippen molar-refractivity contribution in [3.8, 4) is 0 Å². The van der Waals surface area contributed by atoms with Crippen LogP contribution >= 0.6 is 0 Å². The fourth-order valence-corrected chi connectivity index (χ4v) is 1.60. The van der Waals surface area contributed by atoms with Crippen molar-refractivity contribution in [1.82, 2.24) is 5.32 Å². The molecule has 0 aliphatic heterocycles. The molecule has 1 aromatic rings. The summed E-state index contributed by atoms with van der Waals surface area (Å²) in [6.45, 7) is 6.33. The van der Waals surface area contributed by atoms with Crippen molar-refractivity contribution in [2.24, 2.45) is 0 Å². The lowest BCUT2D eigenvalue weighted by molar-refractivity contribution is 0.0605. The van der Waals surface area contributed by atoms with Crippen LogP contribution in [0.3, 0.4) is 0 Å². The van der Waals surface area contributed by atoms with Crippen LogP contribution in [-0.4, -0.2) is 19.3 Å². The highest BCUT2D eigenvalue weighted by Gasteiger charge is 2.20. The standard InChI is InChI=1S/C13H18F3NO/c1-4-17-11(7-18-8(2)3)9-5-6-10(14)13(16)12(9)15/h5-6,8,11,17H,4,7H2,1-3H3. The number of likely N-dealkylation sites (N-methyl/N-ethyl adjacent to an activating group) is 1. The molecule has 5 heteroatoms. The van der Waals surface area contributed by atoms with E-state index in [2.05, 4.69) is 5.32 Å². The first-order chi connectivity index (χ1) is 8.47. The van der Waals surface area contributed by atoms with Gasteiger partial charge in [0.05, 0.1) is 18.8 Å². The van der Waals surface area contributed by atoms with Crippen LogP contribution in [-0.2, 0) is 4.74 Å². The van der Waals surface area contributed by atoms with Gasteiger partial charge in [0, 0.05) is 5.56 Å². The number of hydrogen-bond donors (Lipinski definition) is 1. The first-order valence-electron chi connectivity index (χ1n) is 5.95. The van der Waals surface area contributed by atoms with Crippen molar-refractivity contribution in [2.75, 3.05) is 13.2 Å². The summed E-state index contributed by atoms with van der Waals surface area (Å²) in [6.07, 6.45) is -0.0143. The maximum Gasteiger partial charge on any atom is 0.194 e. The van der Waals surface area contributed by atoms with Crippen LogP contribution in [0.25, 0.3) is 0 Å². The van der Waals surface area contributed by atoms with E-state index in [1.165, 1.54) is 6.07 Å². The van der Waals surface area contributed by atoms with Gasteiger partial charge in [0.15, 0.2) is 17.5 Å². The molecule has 0 amide bonds. The molecule has 1 N–H and O–H groups in total.